The number of anilines is 1. The lowest BCUT2D eigenvalue weighted by molar-refractivity contribution is -0.132. The predicted molar refractivity (Wildman–Crippen MR) is 179 cm³/mol. The van der Waals surface area contributed by atoms with Crippen LogP contribution >= 0.6 is 0 Å². The number of rotatable bonds is 11. The molecule has 0 bridgehead atoms. The van der Waals surface area contributed by atoms with E-state index >= 15 is 0 Å². The first kappa shape index (κ1) is 38.2. The molecule has 2 N–H and O–H groups in total. The average Bonchev–Trinajstić information content (AvgIpc) is 3.36. The number of carbonyl (C=O) groups is 2. The number of nitrogens with one attached hydrogen (secondary N) is 1. The number of sulfonamides is 1. The molecule has 2 amide bonds. The van der Waals surface area contributed by atoms with Crippen molar-refractivity contribution in [2.24, 2.45) is 5.92 Å². The number of aliphatic hydroxyl groups excluding tert-OH is 1. The molecule has 3 rings (SSSR count). The standard InChI is InChI=1S/C33H53N5O8S/c1-22-19-38(23(2)21-39)33(41)28-18-27(35-47(42,43)32-25(4)34-46-26(32)5)14-15-29(28)45-24(3)12-9-10-17-44-30(22)20-37(8)31(40)13-11-16-36(6)7/h14-15,18,22-24,30,35,39H,9-13,16-17,19-21H2,1-8H3/t22-,23-,24-,30-/m0/s1. The van der Waals surface area contributed by atoms with E-state index in [2.05, 4.69) is 9.88 Å². The van der Waals surface area contributed by atoms with Crippen LogP contribution in [0.25, 0.3) is 0 Å². The lowest BCUT2D eigenvalue weighted by Crippen LogP contribution is -2.48. The van der Waals surface area contributed by atoms with E-state index in [4.69, 9.17) is 14.0 Å². The molecule has 0 saturated carbocycles. The SMILES string of the molecule is Cc1noc(C)c1S(=O)(=O)Nc1ccc2c(c1)C(=O)N([C@@H](C)CO)C[C@H](C)[C@H](CN(C)C(=O)CCCN(C)C)OCCCC[C@H](C)O2. The van der Waals surface area contributed by atoms with E-state index in [1.165, 1.54) is 13.0 Å². The molecule has 47 heavy (non-hydrogen) atoms. The van der Waals surface area contributed by atoms with Crippen molar-refractivity contribution in [2.45, 2.75) is 89.9 Å². The van der Waals surface area contributed by atoms with Gasteiger partial charge in [-0.1, -0.05) is 12.1 Å². The highest BCUT2D eigenvalue weighted by Crippen LogP contribution is 2.30. The lowest BCUT2D eigenvalue weighted by atomic mass is 10.0. The van der Waals surface area contributed by atoms with Gasteiger partial charge in [-0.3, -0.25) is 14.3 Å². The minimum absolute atomic E-state index is 0.0326. The van der Waals surface area contributed by atoms with E-state index < -0.39 is 22.0 Å². The molecule has 1 aromatic heterocycles. The van der Waals surface area contributed by atoms with E-state index in [0.29, 0.717) is 31.7 Å². The summed E-state index contributed by atoms with van der Waals surface area (Å²) in [6, 6.07) is 4.03. The number of hydrogen-bond donors (Lipinski definition) is 2. The molecule has 0 spiro atoms. The molecule has 0 aliphatic carbocycles. The van der Waals surface area contributed by atoms with Crippen LogP contribution in [0.3, 0.4) is 0 Å². The largest absolute Gasteiger partial charge is 0.490 e. The van der Waals surface area contributed by atoms with Gasteiger partial charge in [0.15, 0.2) is 10.7 Å². The van der Waals surface area contributed by atoms with E-state index in [1.54, 1.807) is 42.8 Å². The van der Waals surface area contributed by atoms with Crippen LogP contribution in [-0.4, -0.2) is 117 Å². The molecule has 0 saturated heterocycles. The molecule has 0 fully saturated rings. The van der Waals surface area contributed by atoms with Crippen molar-refractivity contribution in [3.8, 4) is 5.75 Å². The Hall–Kier alpha value is -3.20. The normalized spacial score (nSPS) is 20.7. The summed E-state index contributed by atoms with van der Waals surface area (Å²) in [6.07, 6.45) is 2.92. The molecule has 1 aromatic carbocycles. The Kier molecular flexibility index (Phi) is 14.1. The molecule has 0 unspecified atom stereocenters. The van der Waals surface area contributed by atoms with Gasteiger partial charge in [0.2, 0.25) is 5.91 Å². The maximum atomic E-state index is 14.3. The molecular formula is C33H53N5O8S. The highest BCUT2D eigenvalue weighted by molar-refractivity contribution is 7.92. The topological polar surface area (TPSA) is 155 Å². The van der Waals surface area contributed by atoms with Gasteiger partial charge >= 0.3 is 0 Å². The van der Waals surface area contributed by atoms with Gasteiger partial charge < -0.3 is 33.8 Å². The summed E-state index contributed by atoms with van der Waals surface area (Å²) >= 11 is 0. The van der Waals surface area contributed by atoms with Gasteiger partial charge in [0.05, 0.1) is 30.4 Å². The summed E-state index contributed by atoms with van der Waals surface area (Å²) in [5.74, 6) is -0.139. The maximum Gasteiger partial charge on any atom is 0.267 e. The fraction of sp³-hybridized carbons (Fsp3) is 0.667. The second-order valence-corrected chi connectivity index (χ2v) is 14.6. The zero-order valence-electron chi connectivity index (χ0n) is 29.1. The lowest BCUT2D eigenvalue weighted by Gasteiger charge is -2.36. The number of nitrogens with zero attached hydrogens (tertiary/aromatic N) is 4. The molecule has 264 valence electrons. The van der Waals surface area contributed by atoms with Crippen LogP contribution in [-0.2, 0) is 19.6 Å². The smallest absolute Gasteiger partial charge is 0.267 e. The van der Waals surface area contributed by atoms with Crippen molar-refractivity contribution in [1.29, 1.82) is 0 Å². The summed E-state index contributed by atoms with van der Waals surface area (Å²) in [4.78, 5) is 32.5. The van der Waals surface area contributed by atoms with Gasteiger partial charge in [-0.2, -0.15) is 0 Å². The average molecular weight is 680 g/mol. The van der Waals surface area contributed by atoms with Crippen molar-refractivity contribution >= 4 is 27.5 Å². The van der Waals surface area contributed by atoms with Crippen molar-refractivity contribution in [2.75, 3.05) is 58.7 Å². The first-order valence-electron chi connectivity index (χ1n) is 16.3. The molecule has 14 heteroatoms. The van der Waals surface area contributed by atoms with E-state index in [1.807, 2.05) is 32.8 Å². The second-order valence-electron chi connectivity index (χ2n) is 13.0. The minimum atomic E-state index is -4.08. The van der Waals surface area contributed by atoms with Gasteiger partial charge in [0, 0.05) is 44.8 Å². The van der Waals surface area contributed by atoms with Crippen LogP contribution in [0.2, 0.25) is 0 Å². The first-order valence-corrected chi connectivity index (χ1v) is 17.8. The highest BCUT2D eigenvalue weighted by atomic mass is 32.2. The van der Waals surface area contributed by atoms with Crippen molar-refractivity contribution < 1.29 is 37.1 Å². The zero-order valence-corrected chi connectivity index (χ0v) is 29.9. The maximum absolute atomic E-state index is 14.3. The minimum Gasteiger partial charge on any atom is -0.490 e. The monoisotopic (exact) mass is 679 g/mol. The summed E-state index contributed by atoms with van der Waals surface area (Å²) in [7, 11) is 1.65. The highest BCUT2D eigenvalue weighted by Gasteiger charge is 2.32. The number of aromatic nitrogens is 1. The Morgan fingerprint density at radius 3 is 2.55 bits per heavy atom. The van der Waals surface area contributed by atoms with E-state index in [9.17, 15) is 23.1 Å². The molecule has 1 aliphatic heterocycles. The molecule has 1 aliphatic rings. The first-order chi connectivity index (χ1) is 22.1. The van der Waals surface area contributed by atoms with Gasteiger partial charge in [0.25, 0.3) is 15.9 Å². The Labute approximate surface area is 279 Å². The number of carbonyl (C=O) groups excluding carboxylic acids is 2. The third kappa shape index (κ3) is 10.6. The number of amides is 2. The van der Waals surface area contributed by atoms with Crippen LogP contribution < -0.4 is 9.46 Å². The Morgan fingerprint density at radius 2 is 1.91 bits per heavy atom. The quantitative estimate of drug-likeness (QED) is 0.359. The number of aryl methyl sites for hydroxylation is 2. The van der Waals surface area contributed by atoms with Crippen molar-refractivity contribution in [1.82, 2.24) is 19.9 Å². The molecule has 4 atom stereocenters. The van der Waals surface area contributed by atoms with Gasteiger partial charge in [-0.05, 0) is 92.2 Å². The Morgan fingerprint density at radius 1 is 1.19 bits per heavy atom. The van der Waals surface area contributed by atoms with Crippen LogP contribution in [0, 0.1) is 19.8 Å². The Bertz CT molecular complexity index is 1430. The third-order valence-corrected chi connectivity index (χ3v) is 10.0. The van der Waals surface area contributed by atoms with Gasteiger partial charge in [-0.25, -0.2) is 8.42 Å². The number of benzene rings is 1. The second kappa shape index (κ2) is 17.3. The zero-order chi connectivity index (χ0) is 34.9. The number of likely N-dealkylation sites (N-methyl/N-ethyl adjacent to an activating group) is 1. The summed E-state index contributed by atoms with van der Waals surface area (Å²) in [6.45, 7) is 10.3. The van der Waals surface area contributed by atoms with E-state index in [0.717, 1.165) is 25.8 Å². The summed E-state index contributed by atoms with van der Waals surface area (Å²) < 4.78 is 46.8. The van der Waals surface area contributed by atoms with Crippen molar-refractivity contribution in [3.05, 3.63) is 35.2 Å². The van der Waals surface area contributed by atoms with Crippen LogP contribution in [0.1, 0.15) is 74.7 Å². The Balaban J connectivity index is 1.95. The number of fused-ring (bicyclic) bond motifs is 1. The molecule has 0 radical (unpaired) electrons. The molecule has 13 nitrogen and oxygen atoms in total. The van der Waals surface area contributed by atoms with E-state index in [-0.39, 0.29) is 64.8 Å². The predicted octanol–water partition coefficient (Wildman–Crippen LogP) is 3.69. The van der Waals surface area contributed by atoms with Gasteiger partial charge in [-0.15, -0.1) is 0 Å². The molecular weight excluding hydrogens is 626 g/mol. The van der Waals surface area contributed by atoms with Crippen LogP contribution in [0.4, 0.5) is 5.69 Å². The molecule has 2 aromatic rings. The number of ether oxygens (including phenoxy) is 2. The number of hydrogen-bond acceptors (Lipinski definition) is 10. The van der Waals surface area contributed by atoms with Crippen LogP contribution in [0.15, 0.2) is 27.6 Å². The fourth-order valence-corrected chi connectivity index (χ4v) is 7.00. The van der Waals surface area contributed by atoms with Crippen LogP contribution in [0.5, 0.6) is 5.75 Å². The third-order valence-electron chi connectivity index (χ3n) is 8.42. The summed E-state index contributed by atoms with van der Waals surface area (Å²) in [5.41, 5.74) is 0.539. The fourth-order valence-electron chi connectivity index (χ4n) is 5.62. The molecule has 2 heterocycles. The number of aliphatic hydroxyl groups is 1. The summed E-state index contributed by atoms with van der Waals surface area (Å²) in [5, 5.41) is 14.0. The van der Waals surface area contributed by atoms with Crippen molar-refractivity contribution in [3.63, 3.8) is 0 Å². The van der Waals surface area contributed by atoms with Gasteiger partial charge in [0.1, 0.15) is 11.4 Å².